The fourth-order valence-electron chi connectivity index (χ4n) is 2.61. The SMILES string of the molecule is COc1ccc(N=Cc2c(O)[nH]c3cccc(C)c23)cc1OC. The molecule has 23 heavy (non-hydrogen) atoms. The molecule has 0 aliphatic rings. The van der Waals surface area contributed by atoms with Crippen molar-refractivity contribution in [2.45, 2.75) is 6.92 Å². The fourth-order valence-corrected chi connectivity index (χ4v) is 2.61. The van der Waals surface area contributed by atoms with Crippen LogP contribution in [0.3, 0.4) is 0 Å². The van der Waals surface area contributed by atoms with Crippen molar-refractivity contribution in [1.82, 2.24) is 4.98 Å². The zero-order chi connectivity index (χ0) is 16.4. The van der Waals surface area contributed by atoms with Gasteiger partial charge in [0.25, 0.3) is 0 Å². The lowest BCUT2D eigenvalue weighted by molar-refractivity contribution is 0.355. The van der Waals surface area contributed by atoms with Crippen LogP contribution in [0.5, 0.6) is 17.4 Å². The summed E-state index contributed by atoms with van der Waals surface area (Å²) in [4.78, 5) is 7.41. The largest absolute Gasteiger partial charge is 0.494 e. The standard InChI is InChI=1S/C18H18N2O3/c1-11-5-4-6-14-17(11)13(18(21)20-14)10-19-12-7-8-15(22-2)16(9-12)23-3/h4-10,20-21H,1-3H3. The van der Waals surface area contributed by atoms with Gasteiger partial charge in [-0.1, -0.05) is 12.1 Å². The highest BCUT2D eigenvalue weighted by Gasteiger charge is 2.11. The molecule has 0 aliphatic carbocycles. The first-order valence-electron chi connectivity index (χ1n) is 7.20. The Balaban J connectivity index is 2.02. The van der Waals surface area contributed by atoms with Crippen molar-refractivity contribution in [3.05, 3.63) is 47.5 Å². The fraction of sp³-hybridized carbons (Fsp3) is 0.167. The minimum Gasteiger partial charge on any atom is -0.494 e. The van der Waals surface area contributed by atoms with E-state index in [1.807, 2.05) is 31.2 Å². The monoisotopic (exact) mass is 310 g/mol. The predicted molar refractivity (Wildman–Crippen MR) is 91.5 cm³/mol. The molecule has 2 aromatic carbocycles. The van der Waals surface area contributed by atoms with Crippen LogP contribution in [-0.4, -0.2) is 30.5 Å². The number of aromatic amines is 1. The molecule has 1 aromatic heterocycles. The van der Waals surface area contributed by atoms with Crippen LogP contribution in [0.1, 0.15) is 11.1 Å². The second-order valence-electron chi connectivity index (χ2n) is 5.18. The van der Waals surface area contributed by atoms with Crippen molar-refractivity contribution in [2.24, 2.45) is 4.99 Å². The van der Waals surface area contributed by atoms with Crippen molar-refractivity contribution >= 4 is 22.8 Å². The van der Waals surface area contributed by atoms with Gasteiger partial charge in [0.1, 0.15) is 0 Å². The Kier molecular flexibility index (Phi) is 3.93. The van der Waals surface area contributed by atoms with Crippen LogP contribution >= 0.6 is 0 Å². The Morgan fingerprint density at radius 3 is 2.61 bits per heavy atom. The van der Waals surface area contributed by atoms with Gasteiger partial charge >= 0.3 is 0 Å². The van der Waals surface area contributed by atoms with Crippen LogP contribution in [0.15, 0.2) is 41.4 Å². The molecule has 5 heteroatoms. The number of aromatic nitrogens is 1. The van der Waals surface area contributed by atoms with Crippen LogP contribution < -0.4 is 9.47 Å². The highest BCUT2D eigenvalue weighted by Crippen LogP contribution is 2.32. The third-order valence-electron chi connectivity index (χ3n) is 3.76. The lowest BCUT2D eigenvalue weighted by atomic mass is 10.1. The van der Waals surface area contributed by atoms with E-state index in [9.17, 15) is 5.11 Å². The van der Waals surface area contributed by atoms with E-state index in [4.69, 9.17) is 9.47 Å². The number of fused-ring (bicyclic) bond motifs is 1. The molecule has 0 aliphatic heterocycles. The number of benzene rings is 2. The zero-order valence-corrected chi connectivity index (χ0v) is 13.3. The summed E-state index contributed by atoms with van der Waals surface area (Å²) >= 11 is 0. The van der Waals surface area contributed by atoms with Crippen LogP contribution in [0.4, 0.5) is 5.69 Å². The van der Waals surface area contributed by atoms with Gasteiger partial charge in [0.2, 0.25) is 0 Å². The predicted octanol–water partition coefficient (Wildman–Crippen LogP) is 3.95. The molecule has 3 rings (SSSR count). The maximum Gasteiger partial charge on any atom is 0.198 e. The van der Waals surface area contributed by atoms with E-state index in [0.29, 0.717) is 22.7 Å². The van der Waals surface area contributed by atoms with E-state index >= 15 is 0 Å². The summed E-state index contributed by atoms with van der Waals surface area (Å²) in [6, 6.07) is 11.3. The summed E-state index contributed by atoms with van der Waals surface area (Å²) in [5.41, 5.74) is 3.35. The highest BCUT2D eigenvalue weighted by molar-refractivity contribution is 6.04. The molecule has 0 atom stereocenters. The highest BCUT2D eigenvalue weighted by atomic mass is 16.5. The first-order chi connectivity index (χ1) is 11.1. The van der Waals surface area contributed by atoms with Crippen molar-refractivity contribution in [3.8, 4) is 17.4 Å². The molecule has 1 heterocycles. The lowest BCUT2D eigenvalue weighted by Crippen LogP contribution is -1.89. The molecular weight excluding hydrogens is 292 g/mol. The molecule has 0 amide bonds. The van der Waals surface area contributed by atoms with Crippen LogP contribution in [-0.2, 0) is 0 Å². The summed E-state index contributed by atoms with van der Waals surface area (Å²) in [6.07, 6.45) is 1.66. The molecule has 2 N–H and O–H groups in total. The number of H-pyrrole nitrogens is 1. The number of nitrogens with zero attached hydrogens (tertiary/aromatic N) is 1. The third-order valence-corrected chi connectivity index (χ3v) is 3.76. The molecule has 5 nitrogen and oxygen atoms in total. The summed E-state index contributed by atoms with van der Waals surface area (Å²) in [5.74, 6) is 1.37. The lowest BCUT2D eigenvalue weighted by Gasteiger charge is -2.07. The number of nitrogens with one attached hydrogen (secondary N) is 1. The topological polar surface area (TPSA) is 66.8 Å². The Morgan fingerprint density at radius 2 is 1.87 bits per heavy atom. The molecule has 0 bridgehead atoms. The number of methoxy groups -OCH3 is 2. The van der Waals surface area contributed by atoms with E-state index in [1.165, 1.54) is 0 Å². The average Bonchev–Trinajstić information content (AvgIpc) is 2.89. The average molecular weight is 310 g/mol. The molecular formula is C18H18N2O3. The minimum atomic E-state index is 0.110. The molecule has 0 fully saturated rings. The first kappa shape index (κ1) is 15.0. The van der Waals surface area contributed by atoms with Crippen LogP contribution in [0.25, 0.3) is 10.9 Å². The van der Waals surface area contributed by atoms with E-state index in [-0.39, 0.29) is 5.88 Å². The van der Waals surface area contributed by atoms with Gasteiger partial charge < -0.3 is 19.6 Å². The zero-order valence-electron chi connectivity index (χ0n) is 13.3. The number of aromatic hydroxyl groups is 1. The van der Waals surface area contributed by atoms with Crippen molar-refractivity contribution in [2.75, 3.05) is 14.2 Å². The molecule has 118 valence electrons. The molecule has 3 aromatic rings. The third kappa shape index (κ3) is 2.73. The molecule has 0 radical (unpaired) electrons. The van der Waals surface area contributed by atoms with E-state index < -0.39 is 0 Å². The number of ether oxygens (including phenoxy) is 2. The quantitative estimate of drug-likeness (QED) is 0.717. The molecule has 0 saturated heterocycles. The summed E-state index contributed by atoms with van der Waals surface area (Å²) in [7, 11) is 3.17. The maximum absolute atomic E-state index is 10.1. The van der Waals surface area contributed by atoms with Crippen molar-refractivity contribution in [1.29, 1.82) is 0 Å². The summed E-state index contributed by atoms with van der Waals surface area (Å²) in [5, 5.41) is 11.1. The smallest absolute Gasteiger partial charge is 0.198 e. The Morgan fingerprint density at radius 1 is 1.09 bits per heavy atom. The molecule has 0 unspecified atom stereocenters. The number of hydrogen-bond donors (Lipinski definition) is 2. The van der Waals surface area contributed by atoms with Crippen LogP contribution in [0, 0.1) is 6.92 Å². The number of aryl methyl sites for hydroxylation is 1. The minimum absolute atomic E-state index is 0.110. The van der Waals surface area contributed by atoms with E-state index in [0.717, 1.165) is 16.5 Å². The second kappa shape index (κ2) is 6.04. The maximum atomic E-state index is 10.1. The normalized spacial score (nSPS) is 11.3. The Labute approximate surface area is 134 Å². The van der Waals surface area contributed by atoms with Gasteiger partial charge in [0, 0.05) is 23.2 Å². The number of aliphatic imine (C=N–C) groups is 1. The number of hydrogen-bond acceptors (Lipinski definition) is 4. The summed E-state index contributed by atoms with van der Waals surface area (Å²) in [6.45, 7) is 2.00. The van der Waals surface area contributed by atoms with Crippen molar-refractivity contribution in [3.63, 3.8) is 0 Å². The van der Waals surface area contributed by atoms with E-state index in [1.54, 1.807) is 32.6 Å². The summed E-state index contributed by atoms with van der Waals surface area (Å²) < 4.78 is 10.5. The van der Waals surface area contributed by atoms with Gasteiger partial charge in [-0.3, -0.25) is 4.99 Å². The first-order valence-corrected chi connectivity index (χ1v) is 7.20. The van der Waals surface area contributed by atoms with Gasteiger partial charge in [-0.05, 0) is 30.7 Å². The van der Waals surface area contributed by atoms with E-state index in [2.05, 4.69) is 9.98 Å². The number of rotatable bonds is 4. The van der Waals surface area contributed by atoms with Gasteiger partial charge in [-0.2, -0.15) is 0 Å². The van der Waals surface area contributed by atoms with Gasteiger partial charge in [0.05, 0.1) is 25.5 Å². The molecule has 0 spiro atoms. The van der Waals surface area contributed by atoms with Gasteiger partial charge in [0.15, 0.2) is 17.4 Å². The second-order valence-corrected chi connectivity index (χ2v) is 5.18. The van der Waals surface area contributed by atoms with Crippen LogP contribution in [0.2, 0.25) is 0 Å². The van der Waals surface area contributed by atoms with Gasteiger partial charge in [-0.15, -0.1) is 0 Å². The Hall–Kier alpha value is -2.95. The van der Waals surface area contributed by atoms with Gasteiger partial charge in [-0.25, -0.2) is 0 Å². The Bertz CT molecular complexity index is 881. The van der Waals surface area contributed by atoms with Crippen molar-refractivity contribution < 1.29 is 14.6 Å². The molecule has 0 saturated carbocycles.